The molecule has 2 N–H and O–H groups in total. The van der Waals surface area contributed by atoms with Gasteiger partial charge in [-0.25, -0.2) is 4.98 Å². The van der Waals surface area contributed by atoms with Crippen LogP contribution in [0.5, 0.6) is 0 Å². The van der Waals surface area contributed by atoms with Gasteiger partial charge < -0.3 is 10.6 Å². The van der Waals surface area contributed by atoms with Crippen molar-refractivity contribution in [3.8, 4) is 0 Å². The third-order valence-corrected chi connectivity index (χ3v) is 3.31. The smallest absolute Gasteiger partial charge is 0.132 e. The van der Waals surface area contributed by atoms with Crippen molar-refractivity contribution in [3.63, 3.8) is 0 Å². The lowest BCUT2D eigenvalue weighted by Gasteiger charge is -2.25. The molecule has 1 heterocycles. The molecule has 106 valence electrons. The number of rotatable bonds is 6. The minimum absolute atomic E-state index is 0.147. The predicted octanol–water partition coefficient (Wildman–Crippen LogP) is 3.00. The van der Waals surface area contributed by atoms with Crippen molar-refractivity contribution < 1.29 is 0 Å². The zero-order valence-electron chi connectivity index (χ0n) is 12.3. The Kier molecular flexibility index (Phi) is 5.13. The van der Waals surface area contributed by atoms with E-state index >= 15 is 0 Å². The lowest BCUT2D eigenvalue weighted by atomic mass is 10.1. The van der Waals surface area contributed by atoms with E-state index in [4.69, 9.17) is 5.73 Å². The lowest BCUT2D eigenvalue weighted by Crippen LogP contribution is -2.26. The molecule has 0 radical (unpaired) electrons. The van der Waals surface area contributed by atoms with Crippen LogP contribution >= 0.6 is 0 Å². The molecule has 0 bridgehead atoms. The Bertz CT molecular complexity index is 523. The highest BCUT2D eigenvalue weighted by Crippen LogP contribution is 2.20. The van der Waals surface area contributed by atoms with Crippen molar-refractivity contribution in [2.24, 2.45) is 5.73 Å². The average molecular weight is 269 g/mol. The summed E-state index contributed by atoms with van der Waals surface area (Å²) in [6, 6.07) is 14.7. The van der Waals surface area contributed by atoms with Crippen molar-refractivity contribution in [1.82, 2.24) is 4.98 Å². The van der Waals surface area contributed by atoms with Crippen molar-refractivity contribution in [2.75, 3.05) is 11.4 Å². The quantitative estimate of drug-likeness (QED) is 0.876. The Balaban J connectivity index is 2.23. The highest BCUT2D eigenvalue weighted by molar-refractivity contribution is 5.47. The summed E-state index contributed by atoms with van der Waals surface area (Å²) >= 11 is 0. The van der Waals surface area contributed by atoms with Gasteiger partial charge in [-0.05, 0) is 37.5 Å². The zero-order chi connectivity index (χ0) is 14.4. The third kappa shape index (κ3) is 3.81. The molecule has 0 spiro atoms. The number of nitrogens with two attached hydrogens (primary N) is 1. The molecule has 1 atom stereocenters. The van der Waals surface area contributed by atoms with Crippen molar-refractivity contribution >= 4 is 5.82 Å². The molecule has 3 nitrogen and oxygen atoms in total. The molecule has 20 heavy (non-hydrogen) atoms. The Morgan fingerprint density at radius 3 is 2.55 bits per heavy atom. The van der Waals surface area contributed by atoms with Crippen LogP contribution in [0.3, 0.4) is 0 Å². The van der Waals surface area contributed by atoms with E-state index in [0.29, 0.717) is 0 Å². The van der Waals surface area contributed by atoms with Crippen LogP contribution in [0.1, 0.15) is 25.0 Å². The van der Waals surface area contributed by atoms with Gasteiger partial charge in [0.15, 0.2) is 0 Å². The van der Waals surface area contributed by atoms with E-state index in [9.17, 15) is 0 Å². The van der Waals surface area contributed by atoms with E-state index in [0.717, 1.165) is 25.3 Å². The lowest BCUT2D eigenvalue weighted by molar-refractivity contribution is 0.723. The summed E-state index contributed by atoms with van der Waals surface area (Å²) in [5.74, 6) is 1.05. The molecule has 2 rings (SSSR count). The fourth-order valence-electron chi connectivity index (χ4n) is 2.36. The van der Waals surface area contributed by atoms with Gasteiger partial charge in [0.25, 0.3) is 0 Å². The van der Waals surface area contributed by atoms with E-state index in [2.05, 4.69) is 47.1 Å². The molecule has 0 fully saturated rings. The molecule has 0 aliphatic heterocycles. The maximum Gasteiger partial charge on any atom is 0.132 e. The monoisotopic (exact) mass is 269 g/mol. The summed E-state index contributed by atoms with van der Waals surface area (Å²) in [7, 11) is 0. The first-order valence-electron chi connectivity index (χ1n) is 7.19. The average Bonchev–Trinajstić information content (AvgIpc) is 2.46. The zero-order valence-corrected chi connectivity index (χ0v) is 12.3. The van der Waals surface area contributed by atoms with Gasteiger partial charge in [-0.1, -0.05) is 36.4 Å². The fourth-order valence-corrected chi connectivity index (χ4v) is 2.36. The van der Waals surface area contributed by atoms with Gasteiger partial charge in [0.05, 0.1) is 0 Å². The van der Waals surface area contributed by atoms with Gasteiger partial charge in [0.1, 0.15) is 5.82 Å². The van der Waals surface area contributed by atoms with Crippen LogP contribution in [0.4, 0.5) is 5.82 Å². The molecule has 3 heteroatoms. The Morgan fingerprint density at radius 1 is 1.15 bits per heavy atom. The van der Waals surface area contributed by atoms with Gasteiger partial charge in [0, 0.05) is 25.3 Å². The van der Waals surface area contributed by atoms with Gasteiger partial charge in [-0.3, -0.25) is 0 Å². The largest absolute Gasteiger partial charge is 0.352 e. The Morgan fingerprint density at radius 2 is 1.90 bits per heavy atom. The van der Waals surface area contributed by atoms with E-state index in [-0.39, 0.29) is 6.04 Å². The minimum Gasteiger partial charge on any atom is -0.352 e. The number of anilines is 1. The van der Waals surface area contributed by atoms with Gasteiger partial charge >= 0.3 is 0 Å². The Hall–Kier alpha value is -1.87. The van der Waals surface area contributed by atoms with E-state index in [1.165, 1.54) is 11.1 Å². The topological polar surface area (TPSA) is 42.2 Å². The van der Waals surface area contributed by atoms with Crippen molar-refractivity contribution in [3.05, 3.63) is 59.8 Å². The van der Waals surface area contributed by atoms with Crippen LogP contribution in [0.25, 0.3) is 0 Å². The fraction of sp³-hybridized carbons (Fsp3) is 0.353. The number of aromatic nitrogens is 1. The van der Waals surface area contributed by atoms with Crippen molar-refractivity contribution in [2.45, 2.75) is 32.9 Å². The first-order chi connectivity index (χ1) is 9.70. The molecule has 0 aliphatic rings. The highest BCUT2D eigenvalue weighted by Gasteiger charge is 2.12. The maximum atomic E-state index is 5.94. The second-order valence-corrected chi connectivity index (χ2v) is 5.17. The maximum absolute atomic E-state index is 5.94. The van der Waals surface area contributed by atoms with E-state index < -0.39 is 0 Å². The first-order valence-corrected chi connectivity index (χ1v) is 7.19. The van der Waals surface area contributed by atoms with E-state index in [1.807, 2.05) is 25.3 Å². The summed E-state index contributed by atoms with van der Waals surface area (Å²) in [5, 5.41) is 0. The molecular weight excluding hydrogens is 246 g/mol. The predicted molar refractivity (Wildman–Crippen MR) is 84.8 cm³/mol. The molecular formula is C17H23N3. The molecule has 0 amide bonds. The molecule has 1 unspecified atom stereocenters. The summed E-state index contributed by atoms with van der Waals surface area (Å²) in [6.07, 6.45) is 2.71. The third-order valence-electron chi connectivity index (χ3n) is 3.31. The molecule has 0 saturated carbocycles. The van der Waals surface area contributed by atoms with Gasteiger partial charge in [-0.2, -0.15) is 0 Å². The van der Waals surface area contributed by atoms with E-state index in [1.54, 1.807) is 0 Å². The number of hydrogen-bond donors (Lipinski definition) is 1. The summed E-state index contributed by atoms with van der Waals surface area (Å²) in [6.45, 7) is 6.00. The molecule has 1 aromatic heterocycles. The summed E-state index contributed by atoms with van der Waals surface area (Å²) in [4.78, 5) is 6.87. The molecule has 0 aliphatic carbocycles. The van der Waals surface area contributed by atoms with Crippen molar-refractivity contribution in [1.29, 1.82) is 0 Å². The Labute approximate surface area is 121 Å². The molecule has 2 aromatic rings. The standard InChI is InChI=1S/C17H23N3/c1-3-20(13-15-8-5-4-6-9-15)17-16(12-14(2)18)10-7-11-19-17/h4-11,14H,3,12-13,18H2,1-2H3. The summed E-state index contributed by atoms with van der Waals surface area (Å²) in [5.41, 5.74) is 8.46. The van der Waals surface area contributed by atoms with Crippen LogP contribution in [-0.2, 0) is 13.0 Å². The second-order valence-electron chi connectivity index (χ2n) is 5.17. The van der Waals surface area contributed by atoms with Crippen LogP contribution in [0, 0.1) is 0 Å². The van der Waals surface area contributed by atoms with Gasteiger partial charge in [0.2, 0.25) is 0 Å². The number of pyridine rings is 1. The van der Waals surface area contributed by atoms with Crippen LogP contribution in [-0.4, -0.2) is 17.6 Å². The van der Waals surface area contributed by atoms with Crippen LogP contribution < -0.4 is 10.6 Å². The minimum atomic E-state index is 0.147. The van der Waals surface area contributed by atoms with Crippen LogP contribution in [0.2, 0.25) is 0 Å². The molecule has 0 saturated heterocycles. The highest BCUT2D eigenvalue weighted by atomic mass is 15.2. The normalized spacial score (nSPS) is 12.2. The van der Waals surface area contributed by atoms with Gasteiger partial charge in [-0.15, -0.1) is 0 Å². The second kappa shape index (κ2) is 7.06. The number of nitrogens with zero attached hydrogens (tertiary/aromatic N) is 2. The number of benzene rings is 1. The van der Waals surface area contributed by atoms with Crippen LogP contribution in [0.15, 0.2) is 48.7 Å². The summed E-state index contributed by atoms with van der Waals surface area (Å²) < 4.78 is 0. The SMILES string of the molecule is CCN(Cc1ccccc1)c1ncccc1CC(C)N. The first kappa shape index (κ1) is 14.5. The number of hydrogen-bond acceptors (Lipinski definition) is 3. The molecule has 1 aromatic carbocycles.